The maximum atomic E-state index is 10.7. The molecule has 4 nitrogen and oxygen atoms in total. The van der Waals surface area contributed by atoms with E-state index < -0.39 is 0 Å². The first-order valence-electron chi connectivity index (χ1n) is 6.03. The van der Waals surface area contributed by atoms with E-state index in [9.17, 15) is 9.90 Å². The number of Topliss-reactive ketones (excluding diaryl/α,β-unsaturated/α-hetero) is 1. The summed E-state index contributed by atoms with van der Waals surface area (Å²) in [7, 11) is 0. The number of hydrogen-bond donors (Lipinski definition) is 1. The number of likely N-dealkylation sites (tertiary alicyclic amines) is 1. The first kappa shape index (κ1) is 13.6. The molecule has 0 unspecified atom stereocenters. The molecule has 0 aromatic rings. The molecule has 0 saturated carbocycles. The van der Waals surface area contributed by atoms with Crippen LogP contribution in [0.5, 0.6) is 0 Å². The van der Waals surface area contributed by atoms with Crippen molar-refractivity contribution < 1.29 is 14.6 Å². The third-order valence-electron chi connectivity index (χ3n) is 3.10. The molecule has 0 amide bonds. The first-order valence-corrected chi connectivity index (χ1v) is 6.03. The average Bonchev–Trinajstić information content (AvgIpc) is 2.54. The number of rotatable bonds is 6. The summed E-state index contributed by atoms with van der Waals surface area (Å²) >= 11 is 0. The van der Waals surface area contributed by atoms with Crippen molar-refractivity contribution in [3.63, 3.8) is 0 Å². The minimum atomic E-state index is -0.292. The molecule has 1 N–H and O–H groups in total. The highest BCUT2D eigenvalue weighted by atomic mass is 16.5. The molecule has 0 aromatic heterocycles. The summed E-state index contributed by atoms with van der Waals surface area (Å²) in [5.41, 5.74) is 0. The molecular weight excluding hydrogens is 206 g/mol. The third kappa shape index (κ3) is 3.85. The Morgan fingerprint density at radius 1 is 1.56 bits per heavy atom. The molecule has 0 radical (unpaired) electrons. The van der Waals surface area contributed by atoms with Crippen molar-refractivity contribution in [2.24, 2.45) is 0 Å². The van der Waals surface area contributed by atoms with Gasteiger partial charge in [0.1, 0.15) is 5.78 Å². The summed E-state index contributed by atoms with van der Waals surface area (Å²) in [6, 6.07) is 0.519. The van der Waals surface area contributed by atoms with Gasteiger partial charge in [0.25, 0.3) is 0 Å². The van der Waals surface area contributed by atoms with Crippen molar-refractivity contribution in [1.29, 1.82) is 0 Å². The van der Waals surface area contributed by atoms with Crippen LogP contribution in [0.1, 0.15) is 33.6 Å². The van der Waals surface area contributed by atoms with E-state index in [4.69, 9.17) is 4.74 Å². The largest absolute Gasteiger partial charge is 0.391 e. The molecule has 1 aliphatic rings. The van der Waals surface area contributed by atoms with Gasteiger partial charge < -0.3 is 9.84 Å². The van der Waals surface area contributed by atoms with E-state index >= 15 is 0 Å². The van der Waals surface area contributed by atoms with E-state index in [-0.39, 0.29) is 17.9 Å². The van der Waals surface area contributed by atoms with Gasteiger partial charge in [0.05, 0.1) is 25.4 Å². The minimum Gasteiger partial charge on any atom is -0.391 e. The fraction of sp³-hybridized carbons (Fsp3) is 0.917. The minimum absolute atomic E-state index is 0.0898. The van der Waals surface area contributed by atoms with Crippen molar-refractivity contribution in [1.82, 2.24) is 4.90 Å². The highest BCUT2D eigenvalue weighted by Gasteiger charge is 2.34. The number of carbonyl (C=O) groups excluding carboxylic acids is 1. The summed E-state index contributed by atoms with van der Waals surface area (Å²) in [4.78, 5) is 13.0. The molecule has 1 fully saturated rings. The number of nitrogens with zero attached hydrogens (tertiary/aromatic N) is 1. The Bertz CT molecular complexity index is 230. The van der Waals surface area contributed by atoms with Gasteiger partial charge in [-0.3, -0.25) is 9.69 Å². The van der Waals surface area contributed by atoms with E-state index in [1.54, 1.807) is 6.92 Å². The van der Waals surface area contributed by atoms with Gasteiger partial charge in [-0.1, -0.05) is 0 Å². The molecule has 1 heterocycles. The summed E-state index contributed by atoms with van der Waals surface area (Å²) in [5.74, 6) is 0.146. The van der Waals surface area contributed by atoms with Crippen LogP contribution in [0.2, 0.25) is 0 Å². The highest BCUT2D eigenvalue weighted by Crippen LogP contribution is 2.20. The standard InChI is InChI=1S/C12H23NO3/c1-9(2)13-6-4-12(15)11(13)8-16-7-5-10(3)14/h9,11-12,15H,4-8H2,1-3H3/t11-,12+/m1/s1. The van der Waals surface area contributed by atoms with E-state index in [2.05, 4.69) is 18.7 Å². The van der Waals surface area contributed by atoms with Crippen molar-refractivity contribution in [3.8, 4) is 0 Å². The van der Waals surface area contributed by atoms with Crippen LogP contribution in [-0.4, -0.2) is 53.7 Å². The van der Waals surface area contributed by atoms with Gasteiger partial charge in [-0.25, -0.2) is 0 Å². The second-order valence-corrected chi connectivity index (χ2v) is 4.78. The fourth-order valence-electron chi connectivity index (χ4n) is 2.13. The molecule has 16 heavy (non-hydrogen) atoms. The van der Waals surface area contributed by atoms with Gasteiger partial charge in [-0.2, -0.15) is 0 Å². The number of carbonyl (C=O) groups is 1. The fourth-order valence-corrected chi connectivity index (χ4v) is 2.13. The SMILES string of the molecule is CC(=O)CCOC[C@@H]1[C@@H](O)CCN1C(C)C. The maximum Gasteiger partial charge on any atom is 0.132 e. The quantitative estimate of drug-likeness (QED) is 0.685. The van der Waals surface area contributed by atoms with Gasteiger partial charge >= 0.3 is 0 Å². The molecule has 0 bridgehead atoms. The Hall–Kier alpha value is -0.450. The molecule has 0 aromatic carbocycles. The molecule has 94 valence electrons. The lowest BCUT2D eigenvalue weighted by molar-refractivity contribution is -0.118. The van der Waals surface area contributed by atoms with Gasteiger partial charge in [0, 0.05) is 19.0 Å². The average molecular weight is 229 g/mol. The molecule has 0 spiro atoms. The number of aliphatic hydroxyl groups excluding tert-OH is 1. The van der Waals surface area contributed by atoms with Crippen LogP contribution in [0.3, 0.4) is 0 Å². The van der Waals surface area contributed by atoms with Crippen LogP contribution in [0.4, 0.5) is 0 Å². The van der Waals surface area contributed by atoms with Crippen LogP contribution in [0.15, 0.2) is 0 Å². The highest BCUT2D eigenvalue weighted by molar-refractivity contribution is 5.75. The Balaban J connectivity index is 2.30. The van der Waals surface area contributed by atoms with Crippen molar-refractivity contribution in [2.75, 3.05) is 19.8 Å². The Labute approximate surface area is 97.6 Å². The van der Waals surface area contributed by atoms with Crippen LogP contribution in [0.25, 0.3) is 0 Å². The predicted octanol–water partition coefficient (Wildman–Crippen LogP) is 0.826. The third-order valence-corrected chi connectivity index (χ3v) is 3.10. The smallest absolute Gasteiger partial charge is 0.132 e. The lowest BCUT2D eigenvalue weighted by Gasteiger charge is -2.29. The molecule has 4 heteroatoms. The van der Waals surface area contributed by atoms with E-state index in [0.717, 1.165) is 13.0 Å². The van der Waals surface area contributed by atoms with Crippen molar-refractivity contribution in [3.05, 3.63) is 0 Å². The van der Waals surface area contributed by atoms with Crippen LogP contribution >= 0.6 is 0 Å². The Morgan fingerprint density at radius 3 is 2.81 bits per heavy atom. The number of hydrogen-bond acceptors (Lipinski definition) is 4. The normalized spacial score (nSPS) is 26.6. The number of ketones is 1. The van der Waals surface area contributed by atoms with Gasteiger partial charge in [0.15, 0.2) is 0 Å². The maximum absolute atomic E-state index is 10.7. The van der Waals surface area contributed by atoms with Gasteiger partial charge in [0.2, 0.25) is 0 Å². The van der Waals surface area contributed by atoms with Crippen molar-refractivity contribution in [2.45, 2.75) is 51.8 Å². The van der Waals surface area contributed by atoms with E-state index in [1.807, 2.05) is 0 Å². The topological polar surface area (TPSA) is 49.8 Å². The predicted molar refractivity (Wildman–Crippen MR) is 62.4 cm³/mol. The zero-order valence-corrected chi connectivity index (χ0v) is 10.5. The van der Waals surface area contributed by atoms with Crippen molar-refractivity contribution >= 4 is 5.78 Å². The van der Waals surface area contributed by atoms with E-state index in [0.29, 0.717) is 25.7 Å². The monoisotopic (exact) mass is 229 g/mol. The molecule has 1 saturated heterocycles. The number of aliphatic hydroxyl groups is 1. The lowest BCUT2D eigenvalue weighted by atomic mass is 10.1. The molecule has 0 aliphatic carbocycles. The van der Waals surface area contributed by atoms with Gasteiger partial charge in [-0.15, -0.1) is 0 Å². The summed E-state index contributed by atoms with van der Waals surface area (Å²) in [5, 5.41) is 9.83. The van der Waals surface area contributed by atoms with Crippen LogP contribution < -0.4 is 0 Å². The van der Waals surface area contributed by atoms with Gasteiger partial charge in [-0.05, 0) is 27.2 Å². The lowest BCUT2D eigenvalue weighted by Crippen LogP contribution is -2.42. The second kappa shape index (κ2) is 6.33. The Kier molecular flexibility index (Phi) is 5.38. The second-order valence-electron chi connectivity index (χ2n) is 4.78. The zero-order valence-electron chi connectivity index (χ0n) is 10.5. The molecule has 1 rings (SSSR count). The zero-order chi connectivity index (χ0) is 12.1. The van der Waals surface area contributed by atoms with E-state index in [1.165, 1.54) is 0 Å². The summed E-state index contributed by atoms with van der Waals surface area (Å²) in [6.07, 6.45) is 0.989. The number of ether oxygens (including phenoxy) is 1. The molecule has 1 aliphatic heterocycles. The Morgan fingerprint density at radius 2 is 2.25 bits per heavy atom. The summed E-state index contributed by atoms with van der Waals surface area (Å²) in [6.45, 7) is 7.73. The summed E-state index contributed by atoms with van der Waals surface area (Å²) < 4.78 is 5.46. The van der Waals surface area contributed by atoms with Crippen LogP contribution in [0, 0.1) is 0 Å². The first-order chi connectivity index (χ1) is 7.52. The molecule has 2 atom stereocenters. The molecular formula is C12H23NO3. The van der Waals surface area contributed by atoms with Crippen LogP contribution in [-0.2, 0) is 9.53 Å².